The average Bonchev–Trinajstić information content (AvgIpc) is 3.44. The Kier molecular flexibility index (Phi) is 9.48. The van der Waals surface area contributed by atoms with E-state index in [0.29, 0.717) is 54.7 Å². The zero-order chi connectivity index (χ0) is 29.5. The predicted octanol–water partition coefficient (Wildman–Crippen LogP) is 6.37. The van der Waals surface area contributed by atoms with Crippen molar-refractivity contribution in [2.75, 3.05) is 25.0 Å². The molecule has 218 valence electrons. The number of thiazole rings is 1. The first-order chi connectivity index (χ1) is 20.4. The standard InChI is InChI=1S/C31H33FN6O2S2/c1-3-7-25(39)38-16-12-31(13-17-38,22-8-5-4-6-9-22)20-36-29(40)28-27(32)23(11-15-34-28)41-26-19-35-30(42-26)37-24-18-21(2)10-14-33-24/h4-6,8-11,14-15,18-19H,3,7,12-13,16-17,20H2,1-2H3,(H,36,40)(H,33,35,37). The summed E-state index contributed by atoms with van der Waals surface area (Å²) in [5, 5.41) is 6.77. The van der Waals surface area contributed by atoms with Crippen molar-refractivity contribution in [1.82, 2.24) is 25.2 Å². The molecular formula is C31H33FN6O2S2. The highest BCUT2D eigenvalue weighted by Crippen LogP contribution is 2.37. The average molecular weight is 605 g/mol. The van der Waals surface area contributed by atoms with E-state index in [1.54, 1.807) is 18.5 Å². The normalized spacial score (nSPS) is 14.4. The van der Waals surface area contributed by atoms with E-state index in [1.165, 1.54) is 29.3 Å². The number of halogens is 1. The van der Waals surface area contributed by atoms with Gasteiger partial charge in [-0.3, -0.25) is 9.59 Å². The monoisotopic (exact) mass is 604 g/mol. The maximum absolute atomic E-state index is 15.6. The molecular weight excluding hydrogens is 572 g/mol. The largest absolute Gasteiger partial charge is 0.350 e. The number of carbonyl (C=O) groups excluding carboxylic acids is 2. The first-order valence-electron chi connectivity index (χ1n) is 14.0. The molecule has 0 aliphatic carbocycles. The molecule has 0 saturated carbocycles. The third-order valence-electron chi connectivity index (χ3n) is 7.42. The van der Waals surface area contributed by atoms with Crippen LogP contribution >= 0.6 is 23.1 Å². The molecule has 3 aromatic heterocycles. The van der Waals surface area contributed by atoms with Gasteiger partial charge in [0.15, 0.2) is 16.6 Å². The van der Waals surface area contributed by atoms with Crippen LogP contribution in [0, 0.1) is 12.7 Å². The summed E-state index contributed by atoms with van der Waals surface area (Å²) in [6.07, 6.45) is 7.60. The van der Waals surface area contributed by atoms with E-state index in [4.69, 9.17) is 0 Å². The van der Waals surface area contributed by atoms with Gasteiger partial charge in [0.2, 0.25) is 5.91 Å². The van der Waals surface area contributed by atoms with Crippen LogP contribution in [0.1, 0.15) is 54.2 Å². The first-order valence-corrected chi connectivity index (χ1v) is 15.6. The van der Waals surface area contributed by atoms with Gasteiger partial charge >= 0.3 is 0 Å². The predicted molar refractivity (Wildman–Crippen MR) is 164 cm³/mol. The maximum Gasteiger partial charge on any atom is 0.273 e. The summed E-state index contributed by atoms with van der Waals surface area (Å²) in [4.78, 5) is 40.7. The molecule has 4 aromatic rings. The summed E-state index contributed by atoms with van der Waals surface area (Å²) < 4.78 is 16.3. The quantitative estimate of drug-likeness (QED) is 0.217. The van der Waals surface area contributed by atoms with Crippen LogP contribution in [0.25, 0.3) is 0 Å². The number of hydrogen-bond acceptors (Lipinski definition) is 8. The SMILES string of the molecule is CCCC(=O)N1CCC(CNC(=O)c2nccc(Sc3cnc(Nc4cc(C)ccn4)s3)c2F)(c2ccccc2)CC1. The van der Waals surface area contributed by atoms with E-state index in [1.807, 2.05) is 49.1 Å². The fourth-order valence-electron chi connectivity index (χ4n) is 5.10. The van der Waals surface area contributed by atoms with E-state index in [0.717, 1.165) is 21.8 Å². The maximum atomic E-state index is 15.6. The van der Waals surface area contributed by atoms with Crippen molar-refractivity contribution < 1.29 is 14.0 Å². The molecule has 0 unspecified atom stereocenters. The molecule has 42 heavy (non-hydrogen) atoms. The molecule has 1 saturated heterocycles. The number of nitrogens with one attached hydrogen (secondary N) is 2. The van der Waals surface area contributed by atoms with Crippen molar-refractivity contribution in [3.05, 3.63) is 89.8 Å². The minimum atomic E-state index is -0.669. The number of piperidine rings is 1. The van der Waals surface area contributed by atoms with Crippen LogP contribution in [0.4, 0.5) is 15.3 Å². The summed E-state index contributed by atoms with van der Waals surface area (Å²) >= 11 is 2.56. The molecule has 1 aliphatic rings. The van der Waals surface area contributed by atoms with Gasteiger partial charge in [-0.25, -0.2) is 19.3 Å². The number of anilines is 2. The van der Waals surface area contributed by atoms with Gasteiger partial charge in [0, 0.05) is 43.9 Å². The van der Waals surface area contributed by atoms with Crippen LogP contribution in [0.5, 0.6) is 0 Å². The Morgan fingerprint density at radius 1 is 1.07 bits per heavy atom. The second-order valence-electron chi connectivity index (χ2n) is 10.4. The zero-order valence-electron chi connectivity index (χ0n) is 23.6. The van der Waals surface area contributed by atoms with Gasteiger partial charge in [-0.05, 0) is 55.5 Å². The molecule has 2 N–H and O–H groups in total. The van der Waals surface area contributed by atoms with Crippen molar-refractivity contribution in [1.29, 1.82) is 0 Å². The highest BCUT2D eigenvalue weighted by molar-refractivity contribution is 8.01. The van der Waals surface area contributed by atoms with Gasteiger partial charge in [0.05, 0.1) is 15.3 Å². The number of benzene rings is 1. The number of likely N-dealkylation sites (tertiary alicyclic amines) is 1. The molecule has 1 aromatic carbocycles. The van der Waals surface area contributed by atoms with E-state index < -0.39 is 11.7 Å². The van der Waals surface area contributed by atoms with Crippen molar-refractivity contribution in [3.63, 3.8) is 0 Å². The Balaban J connectivity index is 1.26. The number of aryl methyl sites for hydroxylation is 1. The number of rotatable bonds is 10. The minimum Gasteiger partial charge on any atom is -0.350 e. The first kappa shape index (κ1) is 29.7. The van der Waals surface area contributed by atoms with E-state index in [2.05, 4.69) is 37.7 Å². The molecule has 1 fully saturated rings. The Labute approximate surface area is 253 Å². The number of amides is 2. The van der Waals surface area contributed by atoms with Gasteiger partial charge in [-0.1, -0.05) is 60.4 Å². The molecule has 2 amide bonds. The van der Waals surface area contributed by atoms with Crippen LogP contribution in [0.2, 0.25) is 0 Å². The van der Waals surface area contributed by atoms with E-state index in [9.17, 15) is 9.59 Å². The van der Waals surface area contributed by atoms with Crippen LogP contribution in [-0.4, -0.2) is 51.3 Å². The molecule has 0 radical (unpaired) electrons. The highest BCUT2D eigenvalue weighted by Gasteiger charge is 2.38. The van der Waals surface area contributed by atoms with Crippen LogP contribution in [-0.2, 0) is 10.2 Å². The third kappa shape index (κ3) is 6.96. The molecule has 4 heterocycles. The Morgan fingerprint density at radius 2 is 1.83 bits per heavy atom. The lowest BCUT2D eigenvalue weighted by atomic mass is 9.72. The van der Waals surface area contributed by atoms with Crippen molar-refractivity contribution in [2.45, 2.75) is 54.1 Å². The molecule has 5 rings (SSSR count). The summed E-state index contributed by atoms with van der Waals surface area (Å²) in [5.41, 5.74) is 1.57. The van der Waals surface area contributed by atoms with Crippen molar-refractivity contribution in [3.8, 4) is 0 Å². The molecule has 1 aliphatic heterocycles. The summed E-state index contributed by atoms with van der Waals surface area (Å²) in [6, 6.07) is 15.4. The van der Waals surface area contributed by atoms with Gasteiger partial charge in [0.1, 0.15) is 5.82 Å². The second kappa shape index (κ2) is 13.4. The fraction of sp³-hybridized carbons (Fsp3) is 0.323. The summed E-state index contributed by atoms with van der Waals surface area (Å²) in [7, 11) is 0. The number of pyridine rings is 2. The lowest BCUT2D eigenvalue weighted by Gasteiger charge is -2.42. The van der Waals surface area contributed by atoms with Crippen LogP contribution in [0.3, 0.4) is 0 Å². The van der Waals surface area contributed by atoms with Gasteiger partial charge in [-0.2, -0.15) is 0 Å². The topological polar surface area (TPSA) is 100 Å². The number of aromatic nitrogens is 3. The lowest BCUT2D eigenvalue weighted by molar-refractivity contribution is -0.132. The van der Waals surface area contributed by atoms with Crippen LogP contribution < -0.4 is 10.6 Å². The summed E-state index contributed by atoms with van der Waals surface area (Å²) in [6.45, 7) is 5.54. The van der Waals surface area contributed by atoms with Crippen LogP contribution in [0.15, 0.2) is 76.2 Å². The Hall–Kier alpha value is -3.83. The molecule has 0 spiro atoms. The Bertz CT molecular complexity index is 1540. The molecule has 0 bridgehead atoms. The third-order valence-corrected chi connectivity index (χ3v) is 9.47. The second-order valence-corrected chi connectivity index (χ2v) is 12.7. The molecule has 8 nitrogen and oxygen atoms in total. The molecule has 0 atom stereocenters. The molecule has 11 heteroatoms. The van der Waals surface area contributed by atoms with Gasteiger partial charge < -0.3 is 15.5 Å². The van der Waals surface area contributed by atoms with E-state index >= 15 is 4.39 Å². The highest BCUT2D eigenvalue weighted by atomic mass is 32.2. The Morgan fingerprint density at radius 3 is 2.57 bits per heavy atom. The smallest absolute Gasteiger partial charge is 0.273 e. The van der Waals surface area contributed by atoms with Crippen molar-refractivity contribution in [2.24, 2.45) is 0 Å². The number of nitrogens with zero attached hydrogens (tertiary/aromatic N) is 4. The number of carbonyl (C=O) groups is 2. The number of hydrogen-bond donors (Lipinski definition) is 2. The van der Waals surface area contributed by atoms with Crippen molar-refractivity contribution >= 4 is 45.9 Å². The lowest BCUT2D eigenvalue weighted by Crippen LogP contribution is -2.50. The summed E-state index contributed by atoms with van der Waals surface area (Å²) in [5.74, 6) is -0.384. The zero-order valence-corrected chi connectivity index (χ0v) is 25.2. The minimum absolute atomic E-state index is 0.166. The van der Waals surface area contributed by atoms with Gasteiger partial charge in [0.25, 0.3) is 5.91 Å². The fourth-order valence-corrected chi connectivity index (χ4v) is 6.97. The van der Waals surface area contributed by atoms with E-state index in [-0.39, 0.29) is 17.0 Å². The van der Waals surface area contributed by atoms with Gasteiger partial charge in [-0.15, -0.1) is 0 Å².